The highest BCUT2D eigenvalue weighted by atomic mass is 17.0. The zero-order valence-corrected chi connectivity index (χ0v) is 17.2. The van der Waals surface area contributed by atoms with E-state index in [1.54, 1.807) is 4.90 Å². The minimum Gasteiger partial charge on any atom is -0.447 e. The van der Waals surface area contributed by atoms with Crippen molar-refractivity contribution < 1.29 is 28.9 Å². The maximum Gasteiger partial charge on any atom is 0.409 e. The summed E-state index contributed by atoms with van der Waals surface area (Å²) >= 11 is 0. The van der Waals surface area contributed by atoms with Gasteiger partial charge >= 0.3 is 6.09 Å². The van der Waals surface area contributed by atoms with Crippen LogP contribution in [0.3, 0.4) is 0 Å². The van der Waals surface area contributed by atoms with Crippen LogP contribution in [0.4, 0.5) is 4.79 Å². The number of hydrogen-bond acceptors (Lipinski definition) is 7. The smallest absolute Gasteiger partial charge is 0.409 e. The molecule has 9 heteroatoms. The van der Waals surface area contributed by atoms with Crippen molar-refractivity contribution in [2.24, 2.45) is 5.41 Å². The van der Waals surface area contributed by atoms with Crippen molar-refractivity contribution in [2.75, 3.05) is 46.1 Å². The molecule has 2 aliphatic rings. The minimum atomic E-state index is -0.870. The Morgan fingerprint density at radius 1 is 1.17 bits per heavy atom. The molecule has 1 unspecified atom stereocenters. The van der Waals surface area contributed by atoms with Crippen LogP contribution < -0.4 is 0 Å². The normalized spacial score (nSPS) is 19.9. The molecule has 1 atom stereocenters. The van der Waals surface area contributed by atoms with E-state index in [-0.39, 0.29) is 44.0 Å². The monoisotopic (exact) mass is 422 g/mol. The van der Waals surface area contributed by atoms with E-state index < -0.39 is 5.09 Å². The zero-order chi connectivity index (χ0) is 21.2. The van der Waals surface area contributed by atoms with Crippen molar-refractivity contribution in [1.29, 1.82) is 0 Å². The largest absolute Gasteiger partial charge is 0.447 e. The van der Waals surface area contributed by atoms with Crippen LogP contribution in [0, 0.1) is 15.5 Å². The molecule has 1 amide bonds. The third-order valence-electron chi connectivity index (χ3n) is 5.52. The third-order valence-corrected chi connectivity index (χ3v) is 5.52. The summed E-state index contributed by atoms with van der Waals surface area (Å²) in [5.41, 5.74) is 1.60. The Morgan fingerprint density at radius 2 is 1.93 bits per heavy atom. The molecule has 166 valence electrons. The van der Waals surface area contributed by atoms with Gasteiger partial charge in [0.2, 0.25) is 0 Å². The first-order valence-electron chi connectivity index (χ1n) is 10.5. The van der Waals surface area contributed by atoms with Gasteiger partial charge in [-0.05, 0) is 43.1 Å². The predicted molar refractivity (Wildman–Crippen MR) is 107 cm³/mol. The van der Waals surface area contributed by atoms with Gasteiger partial charge in [0, 0.05) is 6.54 Å². The average molecular weight is 422 g/mol. The summed E-state index contributed by atoms with van der Waals surface area (Å²) < 4.78 is 16.6. The lowest BCUT2D eigenvalue weighted by atomic mass is 9.97. The second-order valence-corrected chi connectivity index (χ2v) is 7.97. The molecule has 9 nitrogen and oxygen atoms in total. The van der Waals surface area contributed by atoms with Gasteiger partial charge < -0.3 is 23.9 Å². The maximum atomic E-state index is 12.3. The Kier molecular flexibility index (Phi) is 8.27. The molecule has 0 bridgehead atoms. The molecule has 0 aromatic heterocycles. The van der Waals surface area contributed by atoms with Crippen molar-refractivity contribution in [3.63, 3.8) is 0 Å². The Morgan fingerprint density at radius 3 is 2.67 bits per heavy atom. The Balaban J connectivity index is 1.31. The lowest BCUT2D eigenvalue weighted by Crippen LogP contribution is -2.44. The van der Waals surface area contributed by atoms with Gasteiger partial charge in [0.15, 0.2) is 0 Å². The number of likely N-dealkylation sites (tertiary alicyclic amines) is 1. The fourth-order valence-corrected chi connectivity index (χ4v) is 3.66. The van der Waals surface area contributed by atoms with Crippen LogP contribution in [-0.2, 0) is 25.5 Å². The fraction of sp³-hybridized carbons (Fsp3) is 0.667. The Hall–Kier alpha value is -2.39. The highest BCUT2D eigenvalue weighted by Crippen LogP contribution is 2.48. The van der Waals surface area contributed by atoms with E-state index in [1.165, 1.54) is 18.4 Å². The Labute approximate surface area is 176 Å². The standard InChI is InChI=1S/C21H30N2O7/c24-20(28-13-11-27-12-14-30-23(25)26)22-10-4-7-19(16-22)29-17-21(8-9-21)15-18-5-2-1-3-6-18/h1-3,5-6,19H,4,7-17H2. The number of rotatable bonds is 12. The van der Waals surface area contributed by atoms with Crippen LogP contribution in [0.1, 0.15) is 31.2 Å². The van der Waals surface area contributed by atoms with Crippen LogP contribution in [0.5, 0.6) is 0 Å². The van der Waals surface area contributed by atoms with Gasteiger partial charge in [-0.1, -0.05) is 30.3 Å². The topological polar surface area (TPSA) is 100 Å². The molecule has 30 heavy (non-hydrogen) atoms. The van der Waals surface area contributed by atoms with Crippen LogP contribution in [0.2, 0.25) is 0 Å². The van der Waals surface area contributed by atoms with Gasteiger partial charge in [-0.3, -0.25) is 0 Å². The minimum absolute atomic E-state index is 0.0371. The van der Waals surface area contributed by atoms with E-state index in [9.17, 15) is 14.9 Å². The summed E-state index contributed by atoms with van der Waals surface area (Å²) in [5.74, 6) is 0. The molecule has 0 N–H and O–H groups in total. The highest BCUT2D eigenvalue weighted by Gasteiger charge is 2.43. The molecule has 3 rings (SSSR count). The molecule has 1 aromatic rings. The number of piperidine rings is 1. The molecule has 1 aromatic carbocycles. The van der Waals surface area contributed by atoms with E-state index in [1.807, 2.05) is 6.07 Å². The van der Waals surface area contributed by atoms with Crippen LogP contribution >= 0.6 is 0 Å². The molecule has 1 saturated heterocycles. The summed E-state index contributed by atoms with van der Waals surface area (Å²) in [4.78, 5) is 28.1. The molecular weight excluding hydrogens is 392 g/mol. The van der Waals surface area contributed by atoms with Crippen LogP contribution in [0.15, 0.2) is 30.3 Å². The van der Waals surface area contributed by atoms with E-state index in [4.69, 9.17) is 14.2 Å². The van der Waals surface area contributed by atoms with Gasteiger partial charge in [-0.2, -0.15) is 0 Å². The van der Waals surface area contributed by atoms with Crippen molar-refractivity contribution in [2.45, 2.75) is 38.2 Å². The van der Waals surface area contributed by atoms with Crippen molar-refractivity contribution >= 4 is 6.09 Å². The molecule has 0 radical (unpaired) electrons. The van der Waals surface area contributed by atoms with Gasteiger partial charge in [0.1, 0.15) is 13.2 Å². The van der Waals surface area contributed by atoms with E-state index in [0.29, 0.717) is 13.1 Å². The van der Waals surface area contributed by atoms with Gasteiger partial charge in [0.25, 0.3) is 5.09 Å². The second kappa shape index (κ2) is 11.1. The first kappa shape index (κ1) is 22.3. The number of amides is 1. The molecule has 2 fully saturated rings. The number of ether oxygens (including phenoxy) is 3. The molecule has 1 saturated carbocycles. The number of nitrogens with zero attached hydrogens (tertiary/aromatic N) is 2. The first-order valence-corrected chi connectivity index (χ1v) is 10.5. The maximum absolute atomic E-state index is 12.3. The quantitative estimate of drug-likeness (QED) is 0.290. The Bertz CT molecular complexity index is 681. The fourth-order valence-electron chi connectivity index (χ4n) is 3.66. The van der Waals surface area contributed by atoms with Crippen molar-refractivity contribution in [3.8, 4) is 0 Å². The number of carbonyl (C=O) groups is 1. The number of benzene rings is 1. The van der Waals surface area contributed by atoms with Crippen molar-refractivity contribution in [1.82, 2.24) is 4.90 Å². The van der Waals surface area contributed by atoms with Gasteiger partial charge in [-0.25, -0.2) is 4.79 Å². The summed E-state index contributed by atoms with van der Waals surface area (Å²) in [6.45, 7) is 2.13. The number of hydrogen-bond donors (Lipinski definition) is 0. The zero-order valence-electron chi connectivity index (χ0n) is 17.2. The number of carbonyl (C=O) groups excluding carboxylic acids is 1. The van der Waals surface area contributed by atoms with Crippen LogP contribution in [-0.4, -0.2) is 68.3 Å². The molecule has 1 aliphatic carbocycles. The average Bonchev–Trinajstić information content (AvgIpc) is 3.52. The summed E-state index contributed by atoms with van der Waals surface area (Å²) in [6.07, 6.45) is 4.92. The van der Waals surface area contributed by atoms with Gasteiger partial charge in [-0.15, -0.1) is 10.1 Å². The first-order chi connectivity index (χ1) is 14.6. The molecular formula is C21H30N2O7. The van der Waals surface area contributed by atoms with Gasteiger partial charge in [0.05, 0.1) is 32.5 Å². The van der Waals surface area contributed by atoms with E-state index >= 15 is 0 Å². The lowest BCUT2D eigenvalue weighted by molar-refractivity contribution is -0.758. The van der Waals surface area contributed by atoms with E-state index in [0.717, 1.165) is 25.9 Å². The summed E-state index contributed by atoms with van der Waals surface area (Å²) in [7, 11) is 0. The molecule has 0 spiro atoms. The van der Waals surface area contributed by atoms with Crippen LogP contribution in [0.25, 0.3) is 0 Å². The molecule has 1 aliphatic heterocycles. The molecule has 1 heterocycles. The lowest BCUT2D eigenvalue weighted by Gasteiger charge is -2.33. The summed E-state index contributed by atoms with van der Waals surface area (Å²) in [5, 5.41) is 9.14. The van der Waals surface area contributed by atoms with E-state index in [2.05, 4.69) is 29.1 Å². The highest BCUT2D eigenvalue weighted by molar-refractivity contribution is 5.67. The SMILES string of the molecule is O=C(OCCOCCO[N+](=O)[O-])N1CCCC(OCC2(Cc3ccccc3)CC2)C1. The van der Waals surface area contributed by atoms with Crippen molar-refractivity contribution in [3.05, 3.63) is 46.0 Å². The predicted octanol–water partition coefficient (Wildman–Crippen LogP) is 2.85. The second-order valence-electron chi connectivity index (χ2n) is 7.97. The third kappa shape index (κ3) is 7.46. The summed E-state index contributed by atoms with van der Waals surface area (Å²) in [6, 6.07) is 10.5.